The molecule has 1 aromatic carbocycles. The van der Waals surface area contributed by atoms with Crippen molar-refractivity contribution in [1.29, 1.82) is 0 Å². The van der Waals surface area contributed by atoms with E-state index in [0.717, 1.165) is 18.2 Å². The minimum Gasteiger partial charge on any atom is -0.398 e. The van der Waals surface area contributed by atoms with E-state index >= 15 is 0 Å². The van der Waals surface area contributed by atoms with E-state index in [4.69, 9.17) is 5.73 Å². The van der Waals surface area contributed by atoms with E-state index in [1.165, 1.54) is 0 Å². The van der Waals surface area contributed by atoms with Crippen LogP contribution < -0.4 is 5.73 Å². The van der Waals surface area contributed by atoms with Crippen molar-refractivity contribution < 1.29 is 22.3 Å². The summed E-state index contributed by atoms with van der Waals surface area (Å²) < 4.78 is 55.0. The van der Waals surface area contributed by atoms with E-state index in [-0.39, 0.29) is 11.3 Å². The molecule has 15 heavy (non-hydrogen) atoms. The number of hydrogen-bond acceptors (Lipinski definition) is 2. The third kappa shape index (κ3) is 1.45. The Morgan fingerprint density at radius 3 is 2.40 bits per heavy atom. The van der Waals surface area contributed by atoms with Gasteiger partial charge in [-0.1, -0.05) is 0 Å². The van der Waals surface area contributed by atoms with Crippen LogP contribution in [-0.2, 0) is 10.3 Å². The predicted molar refractivity (Wildman–Crippen MR) is 44.5 cm³/mol. The van der Waals surface area contributed by atoms with Gasteiger partial charge in [-0.25, -0.2) is 4.39 Å². The highest BCUT2D eigenvalue weighted by molar-refractivity contribution is 5.52. The summed E-state index contributed by atoms with van der Waals surface area (Å²) in [5.41, 5.74) is 2.49. The lowest BCUT2D eigenvalue weighted by Crippen LogP contribution is -2.31. The van der Waals surface area contributed by atoms with Gasteiger partial charge in [0, 0.05) is 11.3 Å². The highest BCUT2D eigenvalue weighted by atomic mass is 19.4. The Kier molecular flexibility index (Phi) is 1.94. The van der Waals surface area contributed by atoms with Crippen LogP contribution in [0.5, 0.6) is 0 Å². The SMILES string of the molecule is Nc1ccc(F)cc1C1(C(F)(F)F)CO1. The van der Waals surface area contributed by atoms with Crippen molar-refractivity contribution >= 4 is 5.69 Å². The molecule has 0 aliphatic carbocycles. The third-order valence-electron chi connectivity index (χ3n) is 2.34. The van der Waals surface area contributed by atoms with Crippen molar-refractivity contribution in [2.24, 2.45) is 0 Å². The van der Waals surface area contributed by atoms with Crippen LogP contribution >= 0.6 is 0 Å². The molecule has 2 nitrogen and oxygen atoms in total. The Morgan fingerprint density at radius 2 is 1.93 bits per heavy atom. The lowest BCUT2D eigenvalue weighted by atomic mass is 9.97. The predicted octanol–water partition coefficient (Wildman–Crippen LogP) is 2.20. The monoisotopic (exact) mass is 221 g/mol. The largest absolute Gasteiger partial charge is 0.424 e. The number of alkyl halides is 3. The summed E-state index contributed by atoms with van der Waals surface area (Å²) in [6.07, 6.45) is -4.57. The second-order valence-electron chi connectivity index (χ2n) is 3.35. The summed E-state index contributed by atoms with van der Waals surface area (Å²) in [5, 5.41) is 0. The third-order valence-corrected chi connectivity index (χ3v) is 2.34. The van der Waals surface area contributed by atoms with Gasteiger partial charge in [-0.3, -0.25) is 0 Å². The molecule has 1 aliphatic heterocycles. The Hall–Kier alpha value is -1.30. The van der Waals surface area contributed by atoms with Crippen LogP contribution in [0.25, 0.3) is 0 Å². The molecule has 0 bridgehead atoms. The molecular weight excluding hydrogens is 214 g/mol. The molecule has 2 rings (SSSR count). The van der Waals surface area contributed by atoms with Crippen LogP contribution in [0.3, 0.4) is 0 Å². The zero-order valence-corrected chi connectivity index (χ0v) is 7.44. The summed E-state index contributed by atoms with van der Waals surface area (Å²) in [4.78, 5) is 0. The quantitative estimate of drug-likeness (QED) is 0.448. The van der Waals surface area contributed by atoms with Gasteiger partial charge in [-0.05, 0) is 18.2 Å². The number of epoxide rings is 1. The first-order valence-electron chi connectivity index (χ1n) is 4.13. The van der Waals surface area contributed by atoms with Crippen LogP contribution in [0.4, 0.5) is 23.2 Å². The van der Waals surface area contributed by atoms with Crippen LogP contribution in [0.1, 0.15) is 5.56 Å². The zero-order valence-electron chi connectivity index (χ0n) is 7.44. The Balaban J connectivity index is 2.50. The molecule has 0 radical (unpaired) electrons. The Bertz CT molecular complexity index is 398. The fourth-order valence-corrected chi connectivity index (χ4v) is 1.42. The molecule has 1 heterocycles. The van der Waals surface area contributed by atoms with Gasteiger partial charge in [-0.15, -0.1) is 0 Å². The first-order valence-corrected chi connectivity index (χ1v) is 4.13. The topological polar surface area (TPSA) is 38.5 Å². The Morgan fingerprint density at radius 1 is 1.33 bits per heavy atom. The molecule has 0 amide bonds. The van der Waals surface area contributed by atoms with Crippen LogP contribution in [0.2, 0.25) is 0 Å². The summed E-state index contributed by atoms with van der Waals surface area (Å²) >= 11 is 0. The van der Waals surface area contributed by atoms with Crippen molar-refractivity contribution in [2.45, 2.75) is 11.8 Å². The van der Waals surface area contributed by atoms with Crippen LogP contribution in [-0.4, -0.2) is 12.8 Å². The number of nitrogens with two attached hydrogens (primary N) is 1. The molecule has 1 atom stereocenters. The van der Waals surface area contributed by atoms with Crippen LogP contribution in [0, 0.1) is 5.82 Å². The summed E-state index contributed by atoms with van der Waals surface area (Å²) in [6, 6.07) is 2.86. The van der Waals surface area contributed by atoms with Gasteiger partial charge in [0.25, 0.3) is 0 Å². The molecule has 0 spiro atoms. The average molecular weight is 221 g/mol. The molecule has 1 unspecified atom stereocenters. The van der Waals surface area contributed by atoms with E-state index in [0.29, 0.717) is 0 Å². The number of ether oxygens (including phenoxy) is 1. The van der Waals surface area contributed by atoms with Gasteiger partial charge in [0.1, 0.15) is 5.82 Å². The second-order valence-corrected chi connectivity index (χ2v) is 3.35. The normalized spacial score (nSPS) is 25.3. The van der Waals surface area contributed by atoms with Crippen molar-refractivity contribution in [3.05, 3.63) is 29.6 Å². The van der Waals surface area contributed by atoms with Crippen molar-refractivity contribution in [2.75, 3.05) is 12.3 Å². The van der Waals surface area contributed by atoms with Gasteiger partial charge in [-0.2, -0.15) is 13.2 Å². The van der Waals surface area contributed by atoms with Crippen molar-refractivity contribution in [3.8, 4) is 0 Å². The molecule has 2 N–H and O–H groups in total. The molecule has 0 saturated carbocycles. The Labute approximate surface area is 82.6 Å². The van der Waals surface area contributed by atoms with Gasteiger partial charge >= 0.3 is 6.18 Å². The maximum atomic E-state index is 12.8. The molecule has 1 aliphatic rings. The number of anilines is 1. The van der Waals surface area contributed by atoms with Gasteiger partial charge < -0.3 is 10.5 Å². The highest BCUT2D eigenvalue weighted by Crippen LogP contribution is 2.53. The molecule has 1 saturated heterocycles. The van der Waals surface area contributed by atoms with Crippen LogP contribution in [0.15, 0.2) is 18.2 Å². The zero-order chi connectivity index (χ0) is 11.3. The van der Waals surface area contributed by atoms with Gasteiger partial charge in [0.05, 0.1) is 6.61 Å². The van der Waals surface area contributed by atoms with Crippen molar-refractivity contribution in [1.82, 2.24) is 0 Å². The lowest BCUT2D eigenvalue weighted by molar-refractivity contribution is -0.187. The number of benzene rings is 1. The standard InChI is InChI=1S/C9H7F4NO/c10-5-1-2-7(14)6(3-5)8(4-15-8)9(11,12)13/h1-3H,4,14H2. The van der Waals surface area contributed by atoms with E-state index < -0.39 is 24.2 Å². The molecule has 0 aromatic heterocycles. The molecule has 82 valence electrons. The summed E-state index contributed by atoms with van der Waals surface area (Å²) in [5.74, 6) is -0.765. The minimum absolute atomic E-state index is 0.119. The summed E-state index contributed by atoms with van der Waals surface area (Å²) in [7, 11) is 0. The average Bonchev–Trinajstić information content (AvgIpc) is 2.88. The van der Waals surface area contributed by atoms with Gasteiger partial charge in [0.15, 0.2) is 0 Å². The number of halogens is 4. The maximum Gasteiger partial charge on any atom is 0.424 e. The first-order chi connectivity index (χ1) is 6.87. The fourth-order valence-electron chi connectivity index (χ4n) is 1.42. The molecule has 6 heteroatoms. The minimum atomic E-state index is -4.57. The smallest absolute Gasteiger partial charge is 0.398 e. The number of hydrogen-bond donors (Lipinski definition) is 1. The van der Waals surface area contributed by atoms with Gasteiger partial charge in [0.2, 0.25) is 5.60 Å². The molecule has 1 aromatic rings. The fraction of sp³-hybridized carbons (Fsp3) is 0.333. The van der Waals surface area contributed by atoms with Crippen molar-refractivity contribution in [3.63, 3.8) is 0 Å². The number of nitrogen functional groups attached to an aromatic ring is 1. The van der Waals surface area contributed by atoms with E-state index in [2.05, 4.69) is 4.74 Å². The lowest BCUT2D eigenvalue weighted by Gasteiger charge is -2.17. The van der Waals surface area contributed by atoms with E-state index in [1.54, 1.807) is 0 Å². The van der Waals surface area contributed by atoms with E-state index in [9.17, 15) is 17.6 Å². The maximum absolute atomic E-state index is 12.8. The molecular formula is C9H7F4NO. The first kappa shape index (κ1) is 10.2. The number of rotatable bonds is 1. The highest BCUT2D eigenvalue weighted by Gasteiger charge is 2.67. The van der Waals surface area contributed by atoms with E-state index in [1.807, 2.05) is 0 Å². The molecule has 1 fully saturated rings. The second kappa shape index (κ2) is 2.85. The summed E-state index contributed by atoms with van der Waals surface area (Å²) in [6.45, 7) is -0.510.